The minimum absolute atomic E-state index is 0.384. The van der Waals surface area contributed by atoms with Gasteiger partial charge in [-0.3, -0.25) is 0 Å². The Kier molecular flexibility index (Phi) is 2.90. The number of hydrogen-bond donors (Lipinski definition) is 1. The van der Waals surface area contributed by atoms with Crippen LogP contribution in [0.15, 0.2) is 9.90 Å². The van der Waals surface area contributed by atoms with E-state index in [0.717, 1.165) is 41.9 Å². The molecule has 0 spiro atoms. The van der Waals surface area contributed by atoms with Gasteiger partial charge in [0.1, 0.15) is 5.01 Å². The molecule has 0 amide bonds. The van der Waals surface area contributed by atoms with E-state index < -0.39 is 0 Å². The second-order valence-corrected chi connectivity index (χ2v) is 5.24. The molecule has 1 fully saturated rings. The van der Waals surface area contributed by atoms with Crippen LogP contribution in [0.3, 0.4) is 0 Å². The van der Waals surface area contributed by atoms with Gasteiger partial charge < -0.3 is 9.84 Å². The summed E-state index contributed by atoms with van der Waals surface area (Å²) in [7, 11) is 0. The van der Waals surface area contributed by atoms with Crippen LogP contribution in [0.1, 0.15) is 34.8 Å². The van der Waals surface area contributed by atoms with Crippen molar-refractivity contribution in [2.24, 2.45) is 0 Å². The quantitative estimate of drug-likeness (QED) is 0.894. The van der Waals surface area contributed by atoms with Crippen LogP contribution in [-0.2, 0) is 6.42 Å². The lowest BCUT2D eigenvalue weighted by atomic mass is 10.1. The summed E-state index contributed by atoms with van der Waals surface area (Å²) in [6.07, 6.45) is 1.75. The van der Waals surface area contributed by atoms with Gasteiger partial charge in [0.25, 0.3) is 0 Å². The molecular weight excluding hydrogens is 236 g/mol. The minimum Gasteiger partial charge on any atom is -0.339 e. The number of aryl methyl sites for hydroxylation is 1. The van der Waals surface area contributed by atoms with Crippen LogP contribution in [0.2, 0.25) is 0 Å². The molecule has 1 N–H and O–H groups in total. The second kappa shape index (κ2) is 4.54. The maximum absolute atomic E-state index is 5.30. The Morgan fingerprint density at radius 2 is 2.47 bits per heavy atom. The zero-order chi connectivity index (χ0) is 11.7. The first-order valence-corrected chi connectivity index (χ1v) is 6.63. The van der Waals surface area contributed by atoms with Gasteiger partial charge in [-0.25, -0.2) is 4.98 Å². The molecule has 6 heteroatoms. The summed E-state index contributed by atoms with van der Waals surface area (Å²) in [4.78, 5) is 8.84. The van der Waals surface area contributed by atoms with Gasteiger partial charge in [-0.1, -0.05) is 5.16 Å². The number of thiazole rings is 1. The zero-order valence-corrected chi connectivity index (χ0v) is 10.5. The lowest BCUT2D eigenvalue weighted by molar-refractivity contribution is 0.355. The molecule has 1 atom stereocenters. The predicted molar refractivity (Wildman–Crippen MR) is 64.2 cm³/mol. The molecule has 17 heavy (non-hydrogen) atoms. The molecule has 0 saturated carbocycles. The van der Waals surface area contributed by atoms with Crippen molar-refractivity contribution in [3.8, 4) is 0 Å². The van der Waals surface area contributed by atoms with E-state index in [1.807, 2.05) is 12.3 Å². The molecule has 0 bridgehead atoms. The molecular formula is C11H14N4OS. The Bertz CT molecular complexity index is 501. The fourth-order valence-corrected chi connectivity index (χ4v) is 2.76. The van der Waals surface area contributed by atoms with Crippen LogP contribution < -0.4 is 5.32 Å². The SMILES string of the molecule is Cc1csc(Cc2noc(C3CCNC3)n2)n1. The van der Waals surface area contributed by atoms with Crippen LogP contribution in [0.25, 0.3) is 0 Å². The number of aromatic nitrogens is 3. The van der Waals surface area contributed by atoms with E-state index in [9.17, 15) is 0 Å². The minimum atomic E-state index is 0.384. The third-order valence-electron chi connectivity index (χ3n) is 2.87. The first kappa shape index (κ1) is 10.9. The molecule has 0 aliphatic carbocycles. The van der Waals surface area contributed by atoms with E-state index in [1.54, 1.807) is 11.3 Å². The van der Waals surface area contributed by atoms with Crippen LogP contribution in [0.4, 0.5) is 0 Å². The summed E-state index contributed by atoms with van der Waals surface area (Å²) in [5, 5.41) is 10.4. The standard InChI is InChI=1S/C11H14N4OS/c1-7-6-17-10(13-7)4-9-14-11(16-15-9)8-2-3-12-5-8/h6,8,12H,2-5H2,1H3. The van der Waals surface area contributed by atoms with E-state index in [-0.39, 0.29) is 0 Å². The third-order valence-corrected chi connectivity index (χ3v) is 3.84. The fraction of sp³-hybridized carbons (Fsp3) is 0.545. The van der Waals surface area contributed by atoms with Crippen molar-refractivity contribution in [2.45, 2.75) is 25.7 Å². The molecule has 0 aromatic carbocycles. The normalized spacial score (nSPS) is 19.9. The third kappa shape index (κ3) is 2.37. The van der Waals surface area contributed by atoms with Crippen molar-refractivity contribution in [1.82, 2.24) is 20.4 Å². The van der Waals surface area contributed by atoms with Gasteiger partial charge in [0.05, 0.1) is 12.3 Å². The van der Waals surface area contributed by atoms with Crippen molar-refractivity contribution >= 4 is 11.3 Å². The summed E-state index contributed by atoms with van der Waals surface area (Å²) in [5.74, 6) is 1.88. The Morgan fingerprint density at radius 3 is 3.18 bits per heavy atom. The van der Waals surface area contributed by atoms with Crippen molar-refractivity contribution in [3.63, 3.8) is 0 Å². The lowest BCUT2D eigenvalue weighted by Gasteiger charge is -1.98. The van der Waals surface area contributed by atoms with Gasteiger partial charge in [-0.05, 0) is 19.9 Å². The van der Waals surface area contributed by atoms with Gasteiger partial charge in [0.15, 0.2) is 5.82 Å². The van der Waals surface area contributed by atoms with Crippen molar-refractivity contribution in [1.29, 1.82) is 0 Å². The smallest absolute Gasteiger partial charge is 0.231 e. The molecule has 1 aliphatic heterocycles. The number of nitrogens with one attached hydrogen (secondary N) is 1. The highest BCUT2D eigenvalue weighted by molar-refractivity contribution is 7.09. The Hall–Kier alpha value is -1.27. The van der Waals surface area contributed by atoms with E-state index in [2.05, 4.69) is 20.4 Å². The summed E-state index contributed by atoms with van der Waals surface area (Å²) in [6, 6.07) is 0. The van der Waals surface area contributed by atoms with Gasteiger partial charge >= 0.3 is 0 Å². The van der Waals surface area contributed by atoms with E-state index in [1.165, 1.54) is 0 Å². The van der Waals surface area contributed by atoms with Gasteiger partial charge in [-0.2, -0.15) is 4.98 Å². The summed E-state index contributed by atoms with van der Waals surface area (Å²) < 4.78 is 5.30. The number of nitrogens with zero attached hydrogens (tertiary/aromatic N) is 3. The first-order chi connectivity index (χ1) is 8.31. The van der Waals surface area contributed by atoms with Crippen LogP contribution in [0.5, 0.6) is 0 Å². The maximum atomic E-state index is 5.30. The van der Waals surface area contributed by atoms with E-state index in [4.69, 9.17) is 4.52 Å². The van der Waals surface area contributed by atoms with Crippen molar-refractivity contribution in [3.05, 3.63) is 27.8 Å². The molecule has 3 rings (SSSR count). The van der Waals surface area contributed by atoms with Crippen molar-refractivity contribution in [2.75, 3.05) is 13.1 Å². The van der Waals surface area contributed by atoms with E-state index in [0.29, 0.717) is 12.3 Å². The van der Waals surface area contributed by atoms with Gasteiger partial charge in [0, 0.05) is 17.6 Å². The van der Waals surface area contributed by atoms with Gasteiger partial charge in [0.2, 0.25) is 5.89 Å². The summed E-state index contributed by atoms with van der Waals surface area (Å²) >= 11 is 1.64. The molecule has 5 nitrogen and oxygen atoms in total. The van der Waals surface area contributed by atoms with Crippen LogP contribution in [-0.4, -0.2) is 28.2 Å². The molecule has 0 radical (unpaired) electrons. The van der Waals surface area contributed by atoms with E-state index >= 15 is 0 Å². The fourth-order valence-electron chi connectivity index (χ4n) is 1.99. The number of hydrogen-bond acceptors (Lipinski definition) is 6. The molecule has 90 valence electrons. The average Bonchev–Trinajstić information content (AvgIpc) is 3.00. The molecule has 2 aromatic rings. The highest BCUT2D eigenvalue weighted by Gasteiger charge is 2.22. The molecule has 3 heterocycles. The Morgan fingerprint density at radius 1 is 1.53 bits per heavy atom. The Balaban J connectivity index is 1.71. The maximum Gasteiger partial charge on any atom is 0.231 e. The summed E-state index contributed by atoms with van der Waals surface area (Å²) in [6.45, 7) is 3.97. The summed E-state index contributed by atoms with van der Waals surface area (Å²) in [5.41, 5.74) is 1.05. The second-order valence-electron chi connectivity index (χ2n) is 4.30. The predicted octanol–water partition coefficient (Wildman–Crippen LogP) is 1.50. The van der Waals surface area contributed by atoms with Crippen LogP contribution >= 0.6 is 11.3 Å². The molecule has 2 aromatic heterocycles. The lowest BCUT2D eigenvalue weighted by Crippen LogP contribution is -2.08. The van der Waals surface area contributed by atoms with Gasteiger partial charge in [-0.15, -0.1) is 11.3 Å². The zero-order valence-electron chi connectivity index (χ0n) is 9.64. The average molecular weight is 250 g/mol. The topological polar surface area (TPSA) is 63.8 Å². The molecule has 1 saturated heterocycles. The van der Waals surface area contributed by atoms with Crippen LogP contribution in [0, 0.1) is 6.92 Å². The van der Waals surface area contributed by atoms with Crippen molar-refractivity contribution < 1.29 is 4.52 Å². The highest BCUT2D eigenvalue weighted by atomic mass is 32.1. The molecule has 1 unspecified atom stereocenters. The molecule has 1 aliphatic rings. The number of rotatable bonds is 3. The highest BCUT2D eigenvalue weighted by Crippen LogP contribution is 2.21. The first-order valence-electron chi connectivity index (χ1n) is 5.75. The largest absolute Gasteiger partial charge is 0.339 e. The Labute approximate surface area is 103 Å². The monoisotopic (exact) mass is 250 g/mol.